The van der Waals surface area contributed by atoms with Gasteiger partial charge < -0.3 is 20.1 Å². The monoisotopic (exact) mass is 264 g/mol. The molecule has 2 N–H and O–H groups in total. The lowest BCUT2D eigenvalue weighted by Crippen LogP contribution is -2.49. The fourth-order valence-electron chi connectivity index (χ4n) is 1.92. The van der Waals surface area contributed by atoms with E-state index in [1.807, 2.05) is 25.1 Å². The van der Waals surface area contributed by atoms with Gasteiger partial charge in [-0.25, -0.2) is 4.79 Å². The van der Waals surface area contributed by atoms with E-state index >= 15 is 0 Å². The summed E-state index contributed by atoms with van der Waals surface area (Å²) in [6.07, 6.45) is 0. The zero-order valence-electron chi connectivity index (χ0n) is 11.6. The highest BCUT2D eigenvalue weighted by molar-refractivity contribution is 5.89. The summed E-state index contributed by atoms with van der Waals surface area (Å²) in [6.45, 7) is 6.06. The van der Waals surface area contributed by atoms with E-state index in [-0.39, 0.29) is 11.4 Å². The molecule has 0 saturated carbocycles. The number of carbonyl (C=O) groups excluding carboxylic acids is 1. The minimum atomic E-state index is -0.209. The van der Waals surface area contributed by atoms with Gasteiger partial charge in [0, 0.05) is 23.7 Å². The van der Waals surface area contributed by atoms with Crippen molar-refractivity contribution in [3.8, 4) is 5.75 Å². The molecule has 104 valence electrons. The third-order valence-electron chi connectivity index (χ3n) is 3.24. The summed E-state index contributed by atoms with van der Waals surface area (Å²) in [7, 11) is 1.61. The van der Waals surface area contributed by atoms with Gasteiger partial charge in [-0.05, 0) is 18.6 Å². The second kappa shape index (κ2) is 5.48. The highest BCUT2D eigenvalue weighted by Gasteiger charge is 2.33. The molecule has 0 atom stereocenters. The lowest BCUT2D eigenvalue weighted by Gasteiger charge is -2.37. The number of amides is 2. The second-order valence-corrected chi connectivity index (χ2v) is 5.30. The number of nitrogens with one attached hydrogen (secondary N) is 2. The molecule has 0 bridgehead atoms. The number of hydrogen-bond donors (Lipinski definition) is 2. The van der Waals surface area contributed by atoms with E-state index in [9.17, 15) is 4.79 Å². The van der Waals surface area contributed by atoms with E-state index in [0.717, 1.165) is 17.0 Å². The van der Waals surface area contributed by atoms with Crippen LogP contribution in [0.3, 0.4) is 0 Å². The number of ether oxygens (including phenoxy) is 2. The van der Waals surface area contributed by atoms with Gasteiger partial charge in [-0.2, -0.15) is 0 Å². The first-order valence-corrected chi connectivity index (χ1v) is 6.30. The van der Waals surface area contributed by atoms with Crippen LogP contribution >= 0.6 is 0 Å². The van der Waals surface area contributed by atoms with Crippen molar-refractivity contribution < 1.29 is 14.3 Å². The molecule has 1 aliphatic rings. The fourth-order valence-corrected chi connectivity index (χ4v) is 1.92. The number of methoxy groups -OCH3 is 1. The Balaban J connectivity index is 1.88. The Bertz CT molecular complexity index is 470. The predicted octanol–water partition coefficient (Wildman–Crippen LogP) is 2.16. The molecular formula is C14H20N2O3. The average Bonchev–Trinajstić information content (AvgIpc) is 2.36. The summed E-state index contributed by atoms with van der Waals surface area (Å²) in [4.78, 5) is 11.8. The van der Waals surface area contributed by atoms with Gasteiger partial charge in [0.15, 0.2) is 0 Å². The van der Waals surface area contributed by atoms with Crippen LogP contribution in [-0.4, -0.2) is 32.9 Å². The van der Waals surface area contributed by atoms with Crippen LogP contribution in [0, 0.1) is 12.3 Å². The molecule has 2 amide bonds. The Morgan fingerprint density at radius 1 is 1.47 bits per heavy atom. The van der Waals surface area contributed by atoms with E-state index < -0.39 is 0 Å². The second-order valence-electron chi connectivity index (χ2n) is 5.30. The molecule has 1 heterocycles. The van der Waals surface area contributed by atoms with Crippen molar-refractivity contribution in [3.63, 3.8) is 0 Å². The van der Waals surface area contributed by atoms with Gasteiger partial charge in [0.25, 0.3) is 0 Å². The van der Waals surface area contributed by atoms with Gasteiger partial charge in [0.2, 0.25) is 0 Å². The molecule has 1 saturated heterocycles. The first kappa shape index (κ1) is 13.7. The largest absolute Gasteiger partial charge is 0.496 e. The van der Waals surface area contributed by atoms with Crippen molar-refractivity contribution in [2.75, 3.05) is 32.2 Å². The summed E-state index contributed by atoms with van der Waals surface area (Å²) < 4.78 is 10.4. The van der Waals surface area contributed by atoms with Crippen molar-refractivity contribution in [2.45, 2.75) is 13.8 Å². The van der Waals surface area contributed by atoms with E-state index in [2.05, 4.69) is 17.6 Å². The van der Waals surface area contributed by atoms with Crippen LogP contribution in [0.15, 0.2) is 18.2 Å². The maximum atomic E-state index is 11.8. The number of hydrogen-bond acceptors (Lipinski definition) is 3. The molecule has 2 rings (SSSR count). The normalized spacial score (nSPS) is 16.4. The molecule has 1 aromatic carbocycles. The summed E-state index contributed by atoms with van der Waals surface area (Å²) in [5.74, 6) is 0.761. The number of benzene rings is 1. The van der Waals surface area contributed by atoms with E-state index in [1.54, 1.807) is 7.11 Å². The first-order chi connectivity index (χ1) is 9.02. The van der Waals surface area contributed by atoms with Crippen molar-refractivity contribution in [3.05, 3.63) is 23.8 Å². The molecule has 1 aromatic rings. The van der Waals surface area contributed by atoms with Gasteiger partial charge in [0.1, 0.15) is 5.75 Å². The van der Waals surface area contributed by atoms with Crippen LogP contribution in [0.25, 0.3) is 0 Å². The van der Waals surface area contributed by atoms with E-state index in [1.165, 1.54) is 0 Å². The summed E-state index contributed by atoms with van der Waals surface area (Å²) in [5.41, 5.74) is 1.82. The predicted molar refractivity (Wildman–Crippen MR) is 73.7 cm³/mol. The molecule has 0 radical (unpaired) electrons. The highest BCUT2D eigenvalue weighted by atomic mass is 16.5. The topological polar surface area (TPSA) is 59.6 Å². The minimum absolute atomic E-state index is 0.0717. The van der Waals surface area contributed by atoms with Crippen LogP contribution in [0.2, 0.25) is 0 Å². The van der Waals surface area contributed by atoms with Crippen LogP contribution in [0.1, 0.15) is 12.5 Å². The molecule has 1 fully saturated rings. The van der Waals surface area contributed by atoms with Gasteiger partial charge in [-0.15, -0.1) is 0 Å². The summed E-state index contributed by atoms with van der Waals surface area (Å²) >= 11 is 0. The number of rotatable bonds is 4. The van der Waals surface area contributed by atoms with Gasteiger partial charge in [-0.1, -0.05) is 13.0 Å². The van der Waals surface area contributed by atoms with Crippen molar-refractivity contribution in [1.82, 2.24) is 5.32 Å². The summed E-state index contributed by atoms with van der Waals surface area (Å²) in [5, 5.41) is 5.65. The quantitative estimate of drug-likeness (QED) is 0.876. The molecule has 0 aliphatic carbocycles. The molecular weight excluding hydrogens is 244 g/mol. The van der Waals surface area contributed by atoms with Crippen LogP contribution in [0.4, 0.5) is 10.5 Å². The van der Waals surface area contributed by atoms with Crippen LogP contribution in [-0.2, 0) is 4.74 Å². The Morgan fingerprint density at radius 3 is 2.79 bits per heavy atom. The molecule has 0 spiro atoms. The van der Waals surface area contributed by atoms with Crippen molar-refractivity contribution in [1.29, 1.82) is 0 Å². The SMILES string of the molecule is COc1cc(NC(=O)NCC2(C)COC2)ccc1C. The maximum absolute atomic E-state index is 11.8. The summed E-state index contributed by atoms with van der Waals surface area (Å²) in [6, 6.07) is 5.36. The van der Waals surface area contributed by atoms with Crippen LogP contribution < -0.4 is 15.4 Å². The Labute approximate surface area is 113 Å². The molecule has 0 unspecified atom stereocenters. The molecule has 5 heteroatoms. The number of urea groups is 1. The van der Waals surface area contributed by atoms with Gasteiger partial charge in [-0.3, -0.25) is 0 Å². The fraction of sp³-hybridized carbons (Fsp3) is 0.500. The lowest BCUT2D eigenvalue weighted by molar-refractivity contribution is -0.0974. The smallest absolute Gasteiger partial charge is 0.319 e. The highest BCUT2D eigenvalue weighted by Crippen LogP contribution is 2.25. The van der Waals surface area contributed by atoms with Crippen LogP contribution in [0.5, 0.6) is 5.75 Å². The van der Waals surface area contributed by atoms with Gasteiger partial charge in [0.05, 0.1) is 20.3 Å². The Morgan fingerprint density at radius 2 is 2.21 bits per heavy atom. The number of anilines is 1. The van der Waals surface area contributed by atoms with Gasteiger partial charge >= 0.3 is 6.03 Å². The third-order valence-corrected chi connectivity index (χ3v) is 3.24. The van der Waals surface area contributed by atoms with E-state index in [4.69, 9.17) is 9.47 Å². The van der Waals surface area contributed by atoms with E-state index in [0.29, 0.717) is 19.8 Å². The maximum Gasteiger partial charge on any atom is 0.319 e. The zero-order valence-corrected chi connectivity index (χ0v) is 11.6. The average molecular weight is 264 g/mol. The van der Waals surface area contributed by atoms with Crippen molar-refractivity contribution >= 4 is 11.7 Å². The molecule has 0 aromatic heterocycles. The lowest BCUT2D eigenvalue weighted by atomic mass is 9.89. The molecule has 1 aliphatic heterocycles. The zero-order chi connectivity index (χ0) is 13.9. The molecule has 19 heavy (non-hydrogen) atoms. The third kappa shape index (κ3) is 3.38. The first-order valence-electron chi connectivity index (χ1n) is 6.30. The Hall–Kier alpha value is -1.75. The molecule has 5 nitrogen and oxygen atoms in total. The number of carbonyl (C=O) groups is 1. The standard InChI is InChI=1S/C14H20N2O3/c1-10-4-5-11(6-12(10)18-3)16-13(17)15-7-14(2)8-19-9-14/h4-6H,7-9H2,1-3H3,(H2,15,16,17). The Kier molecular flexibility index (Phi) is 3.95. The minimum Gasteiger partial charge on any atom is -0.496 e. The van der Waals surface area contributed by atoms with Crippen molar-refractivity contribution in [2.24, 2.45) is 5.41 Å². The number of aryl methyl sites for hydroxylation is 1.